The van der Waals surface area contributed by atoms with E-state index in [2.05, 4.69) is 0 Å². The summed E-state index contributed by atoms with van der Waals surface area (Å²) in [5.41, 5.74) is 0.197. The summed E-state index contributed by atoms with van der Waals surface area (Å²) in [4.78, 5) is 12.2. The summed E-state index contributed by atoms with van der Waals surface area (Å²) in [6.45, 7) is 3.41. The first-order valence-electron chi connectivity index (χ1n) is 6.50. The molecule has 0 fully saturated rings. The van der Waals surface area contributed by atoms with Crippen molar-refractivity contribution in [3.05, 3.63) is 33.8 Å². The van der Waals surface area contributed by atoms with Crippen LogP contribution in [0.15, 0.2) is 18.2 Å². The van der Waals surface area contributed by atoms with E-state index in [9.17, 15) is 13.2 Å². The lowest BCUT2D eigenvalue weighted by Crippen LogP contribution is -2.29. The second kappa shape index (κ2) is 7.43. The normalized spacial score (nSPS) is 13.2. The van der Waals surface area contributed by atoms with Crippen LogP contribution in [-0.2, 0) is 9.84 Å². The predicted molar refractivity (Wildman–Crippen MR) is 83.6 cm³/mol. The van der Waals surface area contributed by atoms with E-state index in [0.717, 1.165) is 12.8 Å². The van der Waals surface area contributed by atoms with E-state index in [-0.39, 0.29) is 16.3 Å². The standard InChI is InChI=1S/C14H18Cl2O3S/c1-3-4-5-8-20(18,19)10(2)14(17)12-7-6-11(15)9-13(12)16/h6-7,9-10H,3-5,8H2,1-2H3. The number of carbonyl (C=O) groups excluding carboxylic acids is 1. The number of Topliss-reactive ketones (excluding diaryl/α,β-unsaturated/α-hetero) is 1. The van der Waals surface area contributed by atoms with Crippen LogP contribution < -0.4 is 0 Å². The molecule has 0 spiro atoms. The van der Waals surface area contributed by atoms with Gasteiger partial charge in [-0.3, -0.25) is 4.79 Å². The fourth-order valence-corrected chi connectivity index (χ4v) is 3.72. The highest BCUT2D eigenvalue weighted by Gasteiger charge is 2.29. The molecule has 1 unspecified atom stereocenters. The molecular weight excluding hydrogens is 319 g/mol. The molecule has 0 aliphatic carbocycles. The van der Waals surface area contributed by atoms with Gasteiger partial charge in [0.1, 0.15) is 5.25 Å². The number of carbonyl (C=O) groups is 1. The van der Waals surface area contributed by atoms with Crippen LogP contribution in [0.3, 0.4) is 0 Å². The van der Waals surface area contributed by atoms with Gasteiger partial charge in [0, 0.05) is 10.6 Å². The molecule has 0 aromatic heterocycles. The summed E-state index contributed by atoms with van der Waals surface area (Å²) in [6.07, 6.45) is 2.34. The number of hydrogen-bond donors (Lipinski definition) is 0. The third kappa shape index (κ3) is 4.47. The van der Waals surface area contributed by atoms with Gasteiger partial charge in [0.15, 0.2) is 15.6 Å². The van der Waals surface area contributed by atoms with Crippen LogP contribution in [-0.4, -0.2) is 25.2 Å². The van der Waals surface area contributed by atoms with Crippen molar-refractivity contribution in [2.24, 2.45) is 0 Å². The number of sulfone groups is 1. The van der Waals surface area contributed by atoms with E-state index >= 15 is 0 Å². The first-order chi connectivity index (χ1) is 9.29. The Morgan fingerprint density at radius 3 is 2.45 bits per heavy atom. The monoisotopic (exact) mass is 336 g/mol. The van der Waals surface area contributed by atoms with Crippen LogP contribution in [0.2, 0.25) is 10.0 Å². The zero-order chi connectivity index (χ0) is 15.3. The molecule has 0 N–H and O–H groups in total. The summed E-state index contributed by atoms with van der Waals surface area (Å²) in [6, 6.07) is 4.43. The van der Waals surface area contributed by atoms with Crippen molar-refractivity contribution in [2.45, 2.75) is 38.4 Å². The number of unbranched alkanes of at least 4 members (excludes halogenated alkanes) is 2. The molecule has 20 heavy (non-hydrogen) atoms. The molecule has 112 valence electrons. The second-order valence-corrected chi connectivity index (χ2v) is 7.99. The van der Waals surface area contributed by atoms with E-state index in [1.165, 1.54) is 25.1 Å². The van der Waals surface area contributed by atoms with Gasteiger partial charge in [-0.15, -0.1) is 0 Å². The van der Waals surface area contributed by atoms with Crippen LogP contribution in [0.4, 0.5) is 0 Å². The van der Waals surface area contributed by atoms with E-state index in [0.29, 0.717) is 11.4 Å². The van der Waals surface area contributed by atoms with Crippen molar-refractivity contribution in [3.8, 4) is 0 Å². The summed E-state index contributed by atoms with van der Waals surface area (Å²) < 4.78 is 24.2. The van der Waals surface area contributed by atoms with E-state index in [1.54, 1.807) is 0 Å². The van der Waals surface area contributed by atoms with Crippen molar-refractivity contribution >= 4 is 38.8 Å². The largest absolute Gasteiger partial charge is 0.293 e. The highest BCUT2D eigenvalue weighted by Crippen LogP contribution is 2.24. The molecule has 0 amide bonds. The van der Waals surface area contributed by atoms with E-state index in [1.807, 2.05) is 6.92 Å². The molecule has 1 rings (SSSR count). The van der Waals surface area contributed by atoms with Crippen LogP contribution in [0.25, 0.3) is 0 Å². The van der Waals surface area contributed by atoms with Gasteiger partial charge < -0.3 is 0 Å². The molecule has 0 saturated heterocycles. The Hall–Kier alpha value is -0.580. The lowest BCUT2D eigenvalue weighted by Gasteiger charge is -2.13. The van der Waals surface area contributed by atoms with Crippen LogP contribution in [0.1, 0.15) is 43.5 Å². The van der Waals surface area contributed by atoms with Crippen molar-refractivity contribution in [1.29, 1.82) is 0 Å². The van der Waals surface area contributed by atoms with Crippen LogP contribution in [0.5, 0.6) is 0 Å². The molecule has 0 bridgehead atoms. The molecule has 1 aromatic rings. The summed E-state index contributed by atoms with van der Waals surface area (Å²) in [7, 11) is -3.45. The molecule has 0 saturated carbocycles. The van der Waals surface area contributed by atoms with Crippen molar-refractivity contribution in [2.75, 3.05) is 5.75 Å². The van der Waals surface area contributed by atoms with Gasteiger partial charge in [0.05, 0.1) is 10.8 Å². The zero-order valence-electron chi connectivity index (χ0n) is 11.5. The lowest BCUT2D eigenvalue weighted by molar-refractivity contribution is 0.0991. The van der Waals surface area contributed by atoms with Crippen molar-refractivity contribution in [3.63, 3.8) is 0 Å². The number of rotatable bonds is 7. The summed E-state index contributed by atoms with van der Waals surface area (Å²) in [5.74, 6) is -0.456. The van der Waals surface area contributed by atoms with Gasteiger partial charge in [0.25, 0.3) is 0 Å². The van der Waals surface area contributed by atoms with E-state index < -0.39 is 20.9 Å². The fraction of sp³-hybridized carbons (Fsp3) is 0.500. The van der Waals surface area contributed by atoms with Crippen molar-refractivity contribution in [1.82, 2.24) is 0 Å². The average Bonchev–Trinajstić information content (AvgIpc) is 2.37. The highest BCUT2D eigenvalue weighted by atomic mass is 35.5. The topological polar surface area (TPSA) is 51.2 Å². The minimum atomic E-state index is -3.45. The summed E-state index contributed by atoms with van der Waals surface area (Å²) >= 11 is 11.7. The van der Waals surface area contributed by atoms with Crippen LogP contribution >= 0.6 is 23.2 Å². The second-order valence-electron chi connectivity index (χ2n) is 4.70. The maximum absolute atomic E-state index is 12.2. The van der Waals surface area contributed by atoms with Gasteiger partial charge >= 0.3 is 0 Å². The average molecular weight is 337 g/mol. The van der Waals surface area contributed by atoms with Crippen LogP contribution in [0, 0.1) is 0 Å². The van der Waals surface area contributed by atoms with Gasteiger partial charge in [-0.1, -0.05) is 43.0 Å². The van der Waals surface area contributed by atoms with E-state index in [4.69, 9.17) is 23.2 Å². The molecule has 0 aliphatic heterocycles. The Balaban J connectivity index is 2.90. The first kappa shape index (κ1) is 17.5. The number of halogens is 2. The lowest BCUT2D eigenvalue weighted by atomic mass is 10.1. The smallest absolute Gasteiger partial charge is 0.182 e. The Morgan fingerprint density at radius 1 is 1.25 bits per heavy atom. The number of benzene rings is 1. The molecule has 3 nitrogen and oxygen atoms in total. The molecule has 1 atom stereocenters. The molecule has 6 heteroatoms. The molecule has 0 heterocycles. The molecule has 0 aliphatic rings. The minimum absolute atomic E-state index is 0.0267. The molecule has 1 aromatic carbocycles. The SMILES string of the molecule is CCCCCS(=O)(=O)C(C)C(=O)c1ccc(Cl)cc1Cl. The maximum Gasteiger partial charge on any atom is 0.182 e. The Morgan fingerprint density at radius 2 is 1.90 bits per heavy atom. The van der Waals surface area contributed by atoms with Gasteiger partial charge in [0.2, 0.25) is 0 Å². The van der Waals surface area contributed by atoms with Crippen molar-refractivity contribution < 1.29 is 13.2 Å². The van der Waals surface area contributed by atoms with Gasteiger partial charge in [-0.25, -0.2) is 8.42 Å². The third-order valence-corrected chi connectivity index (χ3v) is 5.83. The zero-order valence-corrected chi connectivity index (χ0v) is 13.9. The molecular formula is C14H18Cl2O3S. The number of hydrogen-bond acceptors (Lipinski definition) is 3. The predicted octanol–water partition coefficient (Wildman–Crippen LogP) is 4.17. The first-order valence-corrected chi connectivity index (χ1v) is 8.97. The maximum atomic E-state index is 12.2. The fourth-order valence-electron chi connectivity index (χ4n) is 1.80. The quantitative estimate of drug-likeness (QED) is 0.554. The van der Waals surface area contributed by atoms with Gasteiger partial charge in [-0.05, 0) is 31.5 Å². The third-order valence-electron chi connectivity index (χ3n) is 3.14. The Kier molecular flexibility index (Phi) is 6.49. The van der Waals surface area contributed by atoms with Gasteiger partial charge in [-0.2, -0.15) is 0 Å². The number of ketones is 1. The molecule has 0 radical (unpaired) electrons. The summed E-state index contributed by atoms with van der Waals surface area (Å²) in [5, 5.41) is -0.499. The highest BCUT2D eigenvalue weighted by molar-refractivity contribution is 7.92. The Bertz CT molecular complexity index is 582. The Labute approximate surface area is 130 Å². The minimum Gasteiger partial charge on any atom is -0.293 e.